The molecule has 1 aliphatic heterocycles. The molecule has 0 aliphatic carbocycles. The van der Waals surface area contributed by atoms with Gasteiger partial charge in [-0.2, -0.15) is 0 Å². The molecule has 2 atom stereocenters. The number of aliphatic hydroxyl groups excluding tert-OH is 1. The van der Waals surface area contributed by atoms with E-state index in [1.807, 2.05) is 24.3 Å². The number of methoxy groups -OCH3 is 1. The number of aliphatic hydroxyl groups is 1. The molecule has 3 nitrogen and oxygen atoms in total. The van der Waals surface area contributed by atoms with Crippen molar-refractivity contribution >= 4 is 23.2 Å². The molecule has 2 aromatic rings. The van der Waals surface area contributed by atoms with Crippen molar-refractivity contribution in [1.29, 1.82) is 0 Å². The fourth-order valence-electron chi connectivity index (χ4n) is 3.20. The first-order valence-corrected chi connectivity index (χ1v) is 8.23. The quantitative estimate of drug-likeness (QED) is 0.896. The Balaban J connectivity index is 1.97. The van der Waals surface area contributed by atoms with E-state index in [1.54, 1.807) is 19.2 Å². The molecular weight excluding hydrogens is 333 g/mol. The van der Waals surface area contributed by atoms with Crippen LogP contribution in [-0.4, -0.2) is 30.7 Å². The average Bonchev–Trinajstić information content (AvgIpc) is 2.55. The largest absolute Gasteiger partial charge is 0.497 e. The van der Waals surface area contributed by atoms with Crippen LogP contribution >= 0.6 is 23.2 Å². The van der Waals surface area contributed by atoms with Crippen molar-refractivity contribution < 1.29 is 9.84 Å². The normalized spacial score (nSPS) is 19.3. The topological polar surface area (TPSA) is 32.7 Å². The van der Waals surface area contributed by atoms with Gasteiger partial charge in [-0.05, 0) is 48.0 Å². The van der Waals surface area contributed by atoms with Gasteiger partial charge in [-0.25, -0.2) is 0 Å². The van der Waals surface area contributed by atoms with E-state index in [2.05, 4.69) is 11.9 Å². The second-order valence-corrected chi connectivity index (χ2v) is 6.80. The summed E-state index contributed by atoms with van der Waals surface area (Å²) in [6.07, 6.45) is -0.639. The standard InChI is InChI=1S/C18H19Cl2NO2/c1-21-9-12-7-13(23-2)4-5-14(12)15(10-21)18(22)11-3-6-16(19)17(20)8-11/h3-8,15,18,22H,9-10H2,1-2H3. The van der Waals surface area contributed by atoms with Crippen molar-refractivity contribution in [3.05, 3.63) is 63.1 Å². The fraction of sp³-hybridized carbons (Fsp3) is 0.333. The number of hydrogen-bond donors (Lipinski definition) is 1. The van der Waals surface area contributed by atoms with Gasteiger partial charge >= 0.3 is 0 Å². The van der Waals surface area contributed by atoms with Crippen LogP contribution in [0.15, 0.2) is 36.4 Å². The molecule has 122 valence electrons. The SMILES string of the molecule is COc1ccc2c(c1)CN(C)CC2C(O)c1ccc(Cl)c(Cl)c1. The minimum atomic E-state index is -0.639. The second-order valence-electron chi connectivity index (χ2n) is 5.99. The van der Waals surface area contributed by atoms with Gasteiger partial charge in [0, 0.05) is 19.0 Å². The Morgan fingerprint density at radius 2 is 1.96 bits per heavy atom. The first kappa shape index (κ1) is 16.6. The molecule has 0 radical (unpaired) electrons. The van der Waals surface area contributed by atoms with E-state index in [9.17, 15) is 5.11 Å². The van der Waals surface area contributed by atoms with Crippen LogP contribution in [-0.2, 0) is 6.54 Å². The predicted octanol–water partition coefficient (Wildman–Crippen LogP) is 4.26. The molecule has 0 bridgehead atoms. The maximum absolute atomic E-state index is 10.9. The van der Waals surface area contributed by atoms with E-state index in [-0.39, 0.29) is 5.92 Å². The highest BCUT2D eigenvalue weighted by molar-refractivity contribution is 6.42. The smallest absolute Gasteiger partial charge is 0.119 e. The number of fused-ring (bicyclic) bond motifs is 1. The van der Waals surface area contributed by atoms with Gasteiger partial charge in [0.2, 0.25) is 0 Å². The van der Waals surface area contributed by atoms with E-state index in [0.717, 1.165) is 30.0 Å². The summed E-state index contributed by atoms with van der Waals surface area (Å²) in [7, 11) is 3.72. The van der Waals surface area contributed by atoms with Crippen molar-refractivity contribution in [3.8, 4) is 5.75 Å². The third-order valence-electron chi connectivity index (χ3n) is 4.36. The Morgan fingerprint density at radius 3 is 2.65 bits per heavy atom. The van der Waals surface area contributed by atoms with E-state index >= 15 is 0 Å². The van der Waals surface area contributed by atoms with Gasteiger partial charge in [0.05, 0.1) is 23.3 Å². The molecule has 3 rings (SSSR count). The first-order chi connectivity index (χ1) is 11.0. The zero-order valence-electron chi connectivity index (χ0n) is 13.1. The van der Waals surface area contributed by atoms with Crippen LogP contribution in [0.25, 0.3) is 0 Å². The van der Waals surface area contributed by atoms with Crippen molar-refractivity contribution in [1.82, 2.24) is 4.90 Å². The van der Waals surface area contributed by atoms with Gasteiger partial charge in [-0.3, -0.25) is 0 Å². The molecule has 5 heteroatoms. The molecule has 0 spiro atoms. The lowest BCUT2D eigenvalue weighted by Crippen LogP contribution is -2.33. The summed E-state index contributed by atoms with van der Waals surface area (Å²) in [6, 6.07) is 11.3. The third-order valence-corrected chi connectivity index (χ3v) is 5.10. The molecule has 0 saturated heterocycles. The maximum Gasteiger partial charge on any atom is 0.119 e. The number of nitrogens with zero attached hydrogens (tertiary/aromatic N) is 1. The van der Waals surface area contributed by atoms with Crippen molar-refractivity contribution in [2.24, 2.45) is 0 Å². The molecule has 23 heavy (non-hydrogen) atoms. The lowest BCUT2D eigenvalue weighted by molar-refractivity contribution is 0.113. The molecule has 1 N–H and O–H groups in total. The number of rotatable bonds is 3. The monoisotopic (exact) mass is 351 g/mol. The molecule has 2 unspecified atom stereocenters. The van der Waals surface area contributed by atoms with Gasteiger partial charge in [-0.15, -0.1) is 0 Å². The second kappa shape index (κ2) is 6.70. The minimum Gasteiger partial charge on any atom is -0.497 e. The molecular formula is C18H19Cl2NO2. The summed E-state index contributed by atoms with van der Waals surface area (Å²) in [5, 5.41) is 11.8. The average molecular weight is 352 g/mol. The summed E-state index contributed by atoms with van der Waals surface area (Å²) in [4.78, 5) is 2.20. The zero-order chi connectivity index (χ0) is 16.6. The highest BCUT2D eigenvalue weighted by Gasteiger charge is 2.30. The van der Waals surface area contributed by atoms with Crippen LogP contribution in [0.4, 0.5) is 0 Å². The fourth-order valence-corrected chi connectivity index (χ4v) is 3.50. The van der Waals surface area contributed by atoms with Gasteiger partial charge < -0.3 is 14.7 Å². The lowest BCUT2D eigenvalue weighted by atomic mass is 9.83. The van der Waals surface area contributed by atoms with Crippen molar-refractivity contribution in [3.63, 3.8) is 0 Å². The molecule has 1 heterocycles. The van der Waals surface area contributed by atoms with Crippen molar-refractivity contribution in [2.45, 2.75) is 18.6 Å². The first-order valence-electron chi connectivity index (χ1n) is 7.48. The lowest BCUT2D eigenvalue weighted by Gasteiger charge is -2.35. The Kier molecular flexibility index (Phi) is 4.83. The summed E-state index contributed by atoms with van der Waals surface area (Å²) >= 11 is 12.1. The highest BCUT2D eigenvalue weighted by Crippen LogP contribution is 2.39. The number of ether oxygens (including phenoxy) is 1. The Morgan fingerprint density at radius 1 is 1.17 bits per heavy atom. The Bertz CT molecular complexity index is 720. The van der Waals surface area contributed by atoms with Crippen LogP contribution in [0.2, 0.25) is 10.0 Å². The van der Waals surface area contributed by atoms with Crippen LogP contribution in [0.1, 0.15) is 28.7 Å². The molecule has 0 amide bonds. The van der Waals surface area contributed by atoms with E-state index < -0.39 is 6.10 Å². The molecule has 1 aliphatic rings. The zero-order valence-corrected chi connectivity index (χ0v) is 14.6. The van der Waals surface area contributed by atoms with Gasteiger partial charge in [-0.1, -0.05) is 35.3 Å². The van der Waals surface area contributed by atoms with Crippen LogP contribution in [0, 0.1) is 0 Å². The van der Waals surface area contributed by atoms with Crippen LogP contribution in [0.3, 0.4) is 0 Å². The van der Waals surface area contributed by atoms with Gasteiger partial charge in [0.15, 0.2) is 0 Å². The van der Waals surface area contributed by atoms with Crippen molar-refractivity contribution in [2.75, 3.05) is 20.7 Å². The molecule has 0 fully saturated rings. The molecule has 0 saturated carbocycles. The third kappa shape index (κ3) is 3.33. The summed E-state index contributed by atoms with van der Waals surface area (Å²) in [5.74, 6) is 0.814. The summed E-state index contributed by atoms with van der Waals surface area (Å²) < 4.78 is 5.31. The van der Waals surface area contributed by atoms with Crippen LogP contribution < -0.4 is 4.74 Å². The Labute approximate surface area is 146 Å². The summed E-state index contributed by atoms with van der Waals surface area (Å²) in [5.41, 5.74) is 3.12. The summed E-state index contributed by atoms with van der Waals surface area (Å²) in [6.45, 7) is 1.62. The highest BCUT2D eigenvalue weighted by atomic mass is 35.5. The molecule has 2 aromatic carbocycles. The Hall–Kier alpha value is -1.26. The number of hydrogen-bond acceptors (Lipinski definition) is 3. The number of benzene rings is 2. The maximum atomic E-state index is 10.9. The number of likely N-dealkylation sites (N-methyl/N-ethyl adjacent to an activating group) is 1. The van der Waals surface area contributed by atoms with E-state index in [1.165, 1.54) is 5.56 Å². The van der Waals surface area contributed by atoms with Gasteiger partial charge in [0.25, 0.3) is 0 Å². The van der Waals surface area contributed by atoms with E-state index in [0.29, 0.717) is 10.0 Å². The molecule has 0 aromatic heterocycles. The van der Waals surface area contributed by atoms with Crippen LogP contribution in [0.5, 0.6) is 5.75 Å². The minimum absolute atomic E-state index is 0.0214. The number of halogens is 2. The predicted molar refractivity (Wildman–Crippen MR) is 93.5 cm³/mol. The van der Waals surface area contributed by atoms with Gasteiger partial charge in [0.1, 0.15) is 5.75 Å². The van der Waals surface area contributed by atoms with E-state index in [4.69, 9.17) is 27.9 Å².